The summed E-state index contributed by atoms with van der Waals surface area (Å²) < 4.78 is 30.8. The minimum Gasteiger partial charge on any atom is -0.348 e. The normalized spacial score (nSPS) is 19.4. The number of nitrogens with zero attached hydrogens (tertiary/aromatic N) is 1. The molecule has 0 N–H and O–H groups in total. The fraction of sp³-hybridized carbons (Fsp3) is 0.304. The van der Waals surface area contributed by atoms with Crippen LogP contribution in [-0.2, 0) is 11.2 Å². The number of hydrogen-bond acceptors (Lipinski definition) is 2. The van der Waals surface area contributed by atoms with E-state index in [9.17, 15) is 8.78 Å². The highest BCUT2D eigenvalue weighted by Gasteiger charge is 2.27. The summed E-state index contributed by atoms with van der Waals surface area (Å²) in [6, 6.07) is 6.36. The molecule has 0 saturated carbocycles. The molecule has 0 saturated heterocycles. The van der Waals surface area contributed by atoms with E-state index >= 15 is 0 Å². The van der Waals surface area contributed by atoms with Crippen molar-refractivity contribution in [3.63, 3.8) is 0 Å². The molecule has 2 aliphatic carbocycles. The van der Waals surface area contributed by atoms with Crippen LogP contribution in [0.3, 0.4) is 0 Å². The topological polar surface area (TPSA) is 12.5 Å². The van der Waals surface area contributed by atoms with Crippen LogP contribution in [0, 0.1) is 0 Å². The van der Waals surface area contributed by atoms with Gasteiger partial charge in [0.2, 0.25) is 0 Å². The van der Waals surface area contributed by atoms with E-state index in [-0.39, 0.29) is 0 Å². The molecule has 0 radical (unpaired) electrons. The molecule has 1 aromatic rings. The Morgan fingerprint density at radius 1 is 1.22 bits per heavy atom. The zero-order valence-electron chi connectivity index (χ0n) is 15.8. The second-order valence-electron chi connectivity index (χ2n) is 6.93. The second kappa shape index (κ2) is 7.65. The lowest BCUT2D eigenvalue weighted by molar-refractivity contribution is -0.239. The van der Waals surface area contributed by atoms with Crippen molar-refractivity contribution in [1.29, 1.82) is 0 Å². The molecule has 4 heteroatoms. The Bertz CT molecular complexity index is 842. The Kier molecular flexibility index (Phi) is 5.47. The van der Waals surface area contributed by atoms with Gasteiger partial charge in [-0.05, 0) is 42.0 Å². The van der Waals surface area contributed by atoms with Gasteiger partial charge in [-0.25, -0.2) is 0 Å². The number of alkyl halides is 2. The summed E-state index contributed by atoms with van der Waals surface area (Å²) in [7, 11) is 2.01. The average Bonchev–Trinajstić information content (AvgIpc) is 2.65. The summed E-state index contributed by atoms with van der Waals surface area (Å²) in [5.41, 5.74) is 6.88. The van der Waals surface area contributed by atoms with Crippen molar-refractivity contribution in [3.05, 3.63) is 83.7 Å². The van der Waals surface area contributed by atoms with Gasteiger partial charge in [-0.3, -0.25) is 0 Å². The van der Waals surface area contributed by atoms with E-state index in [1.54, 1.807) is 6.08 Å². The van der Waals surface area contributed by atoms with Gasteiger partial charge in [-0.2, -0.15) is 8.78 Å². The van der Waals surface area contributed by atoms with E-state index in [2.05, 4.69) is 36.3 Å². The van der Waals surface area contributed by atoms with Gasteiger partial charge < -0.3 is 9.64 Å². The van der Waals surface area contributed by atoms with Crippen LogP contribution in [0.15, 0.2) is 67.1 Å². The van der Waals surface area contributed by atoms with Gasteiger partial charge in [0, 0.05) is 30.9 Å². The van der Waals surface area contributed by atoms with E-state index in [1.807, 2.05) is 31.4 Å². The lowest BCUT2D eigenvalue weighted by Gasteiger charge is -2.32. The van der Waals surface area contributed by atoms with E-state index in [4.69, 9.17) is 4.74 Å². The largest absolute Gasteiger partial charge is 0.353 e. The third kappa shape index (κ3) is 4.28. The number of fused-ring (bicyclic) bond motifs is 1. The Labute approximate surface area is 159 Å². The van der Waals surface area contributed by atoms with Gasteiger partial charge in [0.05, 0.1) is 6.10 Å². The lowest BCUT2D eigenvalue weighted by atomic mass is 9.86. The lowest BCUT2D eigenvalue weighted by Crippen LogP contribution is -2.26. The number of rotatable bonds is 6. The van der Waals surface area contributed by atoms with Crippen molar-refractivity contribution in [2.24, 2.45) is 0 Å². The quantitative estimate of drug-likeness (QED) is 0.615. The summed E-state index contributed by atoms with van der Waals surface area (Å²) in [4.78, 5) is 2.12. The van der Waals surface area contributed by atoms with Crippen LogP contribution in [0.4, 0.5) is 8.78 Å². The Morgan fingerprint density at radius 2 is 2.00 bits per heavy atom. The van der Waals surface area contributed by atoms with Crippen molar-refractivity contribution in [2.75, 3.05) is 7.05 Å². The number of aryl methyl sites for hydroxylation is 1. The third-order valence-electron chi connectivity index (χ3n) is 4.99. The zero-order chi connectivity index (χ0) is 19.6. The summed E-state index contributed by atoms with van der Waals surface area (Å²) in [6.07, 6.45) is 7.79. The Morgan fingerprint density at radius 3 is 2.59 bits per heavy atom. The van der Waals surface area contributed by atoms with Crippen molar-refractivity contribution in [3.8, 4) is 0 Å². The van der Waals surface area contributed by atoms with E-state index < -0.39 is 12.2 Å². The maximum absolute atomic E-state index is 13.0. The molecule has 1 aromatic carbocycles. The fourth-order valence-corrected chi connectivity index (χ4v) is 3.68. The minimum absolute atomic E-state index is 0.426. The van der Waals surface area contributed by atoms with Crippen molar-refractivity contribution in [2.45, 2.75) is 38.4 Å². The molecular formula is C23H25F2NO. The number of allylic oxidation sites excluding steroid dienone is 4. The van der Waals surface area contributed by atoms with Gasteiger partial charge in [0.15, 0.2) is 0 Å². The molecule has 0 spiro atoms. The van der Waals surface area contributed by atoms with Crippen molar-refractivity contribution >= 4 is 11.6 Å². The van der Waals surface area contributed by atoms with Crippen molar-refractivity contribution < 1.29 is 13.5 Å². The molecule has 0 aliphatic heterocycles. The maximum Gasteiger partial charge on any atom is 0.353 e. The van der Waals surface area contributed by atoms with Crippen LogP contribution in [-0.4, -0.2) is 24.2 Å². The third-order valence-corrected chi connectivity index (χ3v) is 4.99. The first-order valence-corrected chi connectivity index (χ1v) is 9.11. The average molecular weight is 369 g/mol. The molecule has 3 rings (SSSR count). The number of ether oxygens (including phenoxy) is 1. The number of halogens is 2. The van der Waals surface area contributed by atoms with Crippen LogP contribution in [0.25, 0.3) is 11.6 Å². The molecule has 27 heavy (non-hydrogen) atoms. The molecule has 0 heterocycles. The van der Waals surface area contributed by atoms with E-state index in [1.165, 1.54) is 16.8 Å². The first kappa shape index (κ1) is 19.3. The molecule has 0 fully saturated rings. The zero-order valence-corrected chi connectivity index (χ0v) is 15.8. The first-order chi connectivity index (χ1) is 12.8. The van der Waals surface area contributed by atoms with Crippen LogP contribution >= 0.6 is 0 Å². The smallest absolute Gasteiger partial charge is 0.348 e. The van der Waals surface area contributed by atoms with Gasteiger partial charge in [-0.15, -0.1) is 0 Å². The molecule has 1 atom stereocenters. The van der Waals surface area contributed by atoms with Gasteiger partial charge >= 0.3 is 6.11 Å². The van der Waals surface area contributed by atoms with E-state index in [0.717, 1.165) is 36.6 Å². The number of hydrogen-bond donors (Lipinski definition) is 0. The summed E-state index contributed by atoms with van der Waals surface area (Å²) in [5, 5.41) is 0. The van der Waals surface area contributed by atoms with Gasteiger partial charge in [0.1, 0.15) is 0 Å². The summed E-state index contributed by atoms with van der Waals surface area (Å²) >= 11 is 0. The molecule has 0 amide bonds. The fourth-order valence-electron chi connectivity index (χ4n) is 3.68. The highest BCUT2D eigenvalue weighted by molar-refractivity contribution is 5.80. The van der Waals surface area contributed by atoms with Crippen LogP contribution in [0.1, 0.15) is 36.5 Å². The van der Waals surface area contributed by atoms with Gasteiger partial charge in [0.25, 0.3) is 0 Å². The molecule has 142 valence electrons. The molecular weight excluding hydrogens is 344 g/mol. The maximum atomic E-state index is 13.0. The van der Waals surface area contributed by atoms with Gasteiger partial charge in [-0.1, -0.05) is 55.7 Å². The summed E-state index contributed by atoms with van der Waals surface area (Å²) in [5.74, 6) is 0. The van der Waals surface area contributed by atoms with Crippen LogP contribution < -0.4 is 0 Å². The predicted octanol–water partition coefficient (Wildman–Crippen LogP) is 5.95. The molecule has 1 unspecified atom stereocenters. The van der Waals surface area contributed by atoms with Crippen molar-refractivity contribution in [1.82, 2.24) is 4.90 Å². The molecule has 0 bridgehead atoms. The van der Waals surface area contributed by atoms with Crippen LogP contribution in [0.5, 0.6) is 0 Å². The van der Waals surface area contributed by atoms with Crippen LogP contribution in [0.2, 0.25) is 0 Å². The summed E-state index contributed by atoms with van der Waals surface area (Å²) in [6.45, 7) is 8.62. The monoisotopic (exact) mass is 369 g/mol. The molecule has 2 nitrogen and oxygen atoms in total. The first-order valence-electron chi connectivity index (χ1n) is 9.11. The molecule has 0 aromatic heterocycles. The standard InChI is InChI=1S/C23H25F2NO/c1-5-16-7-13-21-17(15-16)8-14-22(20(21)6-2)26(4)18-9-11-19(12-10-18)27-23(3,24)25/h5-7,9-11,13,15,19H,1-2,8,12,14H2,3-4H3. The predicted molar refractivity (Wildman–Crippen MR) is 107 cm³/mol. The molecule has 2 aliphatic rings. The number of likely N-dealkylation sites (N-methyl/N-ethyl adjacent to an activating group) is 1. The highest BCUT2D eigenvalue weighted by atomic mass is 19.3. The van der Waals surface area contributed by atoms with E-state index in [0.29, 0.717) is 6.42 Å². The second-order valence-corrected chi connectivity index (χ2v) is 6.93. The minimum atomic E-state index is -3.12. The highest BCUT2D eigenvalue weighted by Crippen LogP contribution is 2.36. The Balaban J connectivity index is 1.85. The Hall–Kier alpha value is -2.46. The SMILES string of the molecule is C=CC1=C(N(C)C2=CCC(OC(C)(F)F)C=C2)CCc2cc(C=C)ccc21. The number of benzene rings is 1.